The molecule has 1 aromatic heterocycles. The van der Waals surface area contributed by atoms with Crippen molar-refractivity contribution in [3.8, 4) is 5.75 Å². The van der Waals surface area contributed by atoms with E-state index in [1.54, 1.807) is 11.3 Å². The van der Waals surface area contributed by atoms with Crippen LogP contribution in [-0.2, 0) is 6.42 Å². The van der Waals surface area contributed by atoms with Crippen LogP contribution in [-0.4, -0.2) is 11.7 Å². The third-order valence-corrected chi connectivity index (χ3v) is 4.79. The van der Waals surface area contributed by atoms with E-state index in [0.29, 0.717) is 5.75 Å². The molecule has 2 aromatic rings. The smallest absolute Gasteiger partial charge is 0.120 e. The van der Waals surface area contributed by atoms with Gasteiger partial charge in [0, 0.05) is 23.0 Å². The highest BCUT2D eigenvalue weighted by atomic mass is 79.9. The highest BCUT2D eigenvalue weighted by Crippen LogP contribution is 2.25. The van der Waals surface area contributed by atoms with Crippen molar-refractivity contribution in [3.05, 3.63) is 50.1 Å². The number of benzene rings is 1. The highest BCUT2D eigenvalue weighted by molar-refractivity contribution is 9.11. The molecule has 2 N–H and O–H groups in total. The highest BCUT2D eigenvalue weighted by Gasteiger charge is 2.09. The van der Waals surface area contributed by atoms with Gasteiger partial charge in [-0.3, -0.25) is 0 Å². The SMILES string of the molecule is Cc1ccc(C(C)NCCc2ccc(Br)s2)c(O)c1. The Hall–Kier alpha value is -0.840. The molecule has 0 amide bonds. The number of hydrogen-bond acceptors (Lipinski definition) is 3. The van der Waals surface area contributed by atoms with E-state index in [-0.39, 0.29) is 6.04 Å². The van der Waals surface area contributed by atoms with Gasteiger partial charge in [-0.25, -0.2) is 0 Å². The molecule has 1 unspecified atom stereocenters. The molecular formula is C15H18BrNOS. The third-order valence-electron chi connectivity index (χ3n) is 3.10. The summed E-state index contributed by atoms with van der Waals surface area (Å²) in [6.07, 6.45) is 1.01. The summed E-state index contributed by atoms with van der Waals surface area (Å²) in [5.74, 6) is 0.374. The molecule has 0 bridgehead atoms. The third kappa shape index (κ3) is 4.06. The molecule has 1 heterocycles. The molecule has 19 heavy (non-hydrogen) atoms. The molecule has 0 aliphatic carbocycles. The van der Waals surface area contributed by atoms with Crippen molar-refractivity contribution in [2.24, 2.45) is 0 Å². The van der Waals surface area contributed by atoms with Crippen molar-refractivity contribution in [1.82, 2.24) is 5.32 Å². The second kappa shape index (κ2) is 6.55. The second-order valence-corrected chi connectivity index (χ2v) is 7.24. The van der Waals surface area contributed by atoms with E-state index in [4.69, 9.17) is 0 Å². The number of phenolic OH excluding ortho intramolecular Hbond substituents is 1. The maximum absolute atomic E-state index is 9.94. The molecule has 0 saturated carbocycles. The van der Waals surface area contributed by atoms with Gasteiger partial charge in [-0.2, -0.15) is 0 Å². The van der Waals surface area contributed by atoms with Crippen molar-refractivity contribution in [3.63, 3.8) is 0 Å². The van der Waals surface area contributed by atoms with Crippen LogP contribution in [0, 0.1) is 6.92 Å². The monoisotopic (exact) mass is 339 g/mol. The van der Waals surface area contributed by atoms with Crippen LogP contribution < -0.4 is 5.32 Å². The minimum atomic E-state index is 0.156. The van der Waals surface area contributed by atoms with Gasteiger partial charge in [0.1, 0.15) is 5.75 Å². The molecule has 1 atom stereocenters. The number of aryl methyl sites for hydroxylation is 1. The molecular weight excluding hydrogens is 322 g/mol. The Morgan fingerprint density at radius 1 is 1.32 bits per heavy atom. The first-order chi connectivity index (χ1) is 9.06. The van der Waals surface area contributed by atoms with E-state index >= 15 is 0 Å². The molecule has 0 radical (unpaired) electrons. The number of nitrogens with one attached hydrogen (secondary N) is 1. The van der Waals surface area contributed by atoms with Crippen molar-refractivity contribution in [2.45, 2.75) is 26.3 Å². The number of halogens is 1. The van der Waals surface area contributed by atoms with Gasteiger partial charge in [-0.1, -0.05) is 12.1 Å². The zero-order valence-electron chi connectivity index (χ0n) is 11.1. The van der Waals surface area contributed by atoms with E-state index in [0.717, 1.165) is 24.1 Å². The predicted octanol–water partition coefficient (Wildman–Crippen LogP) is 4.42. The number of hydrogen-bond donors (Lipinski definition) is 2. The Bertz CT molecular complexity index is 553. The summed E-state index contributed by atoms with van der Waals surface area (Å²) in [6.45, 7) is 4.96. The summed E-state index contributed by atoms with van der Waals surface area (Å²) in [5, 5.41) is 13.4. The maximum atomic E-state index is 9.94. The fourth-order valence-electron chi connectivity index (χ4n) is 2.03. The molecule has 0 saturated heterocycles. The van der Waals surface area contributed by atoms with E-state index in [2.05, 4.69) is 40.3 Å². The molecule has 2 nitrogen and oxygen atoms in total. The molecule has 4 heteroatoms. The van der Waals surface area contributed by atoms with Gasteiger partial charge in [0.25, 0.3) is 0 Å². The van der Waals surface area contributed by atoms with Crippen LogP contribution in [0.15, 0.2) is 34.1 Å². The van der Waals surface area contributed by atoms with E-state index in [1.807, 2.05) is 25.1 Å². The molecule has 0 fully saturated rings. The van der Waals surface area contributed by atoms with Gasteiger partial charge < -0.3 is 10.4 Å². The van der Waals surface area contributed by atoms with Crippen molar-refractivity contribution in [2.75, 3.05) is 6.54 Å². The van der Waals surface area contributed by atoms with Gasteiger partial charge in [-0.05, 0) is 60.0 Å². The zero-order chi connectivity index (χ0) is 13.8. The largest absolute Gasteiger partial charge is 0.508 e. The van der Waals surface area contributed by atoms with Gasteiger partial charge in [0.2, 0.25) is 0 Å². The summed E-state index contributed by atoms with van der Waals surface area (Å²) < 4.78 is 1.17. The number of aromatic hydroxyl groups is 1. The lowest BCUT2D eigenvalue weighted by atomic mass is 10.0. The van der Waals surface area contributed by atoms with Crippen LogP contribution in [0.4, 0.5) is 0 Å². The van der Waals surface area contributed by atoms with Gasteiger partial charge in [-0.15, -0.1) is 11.3 Å². The lowest BCUT2D eigenvalue weighted by Crippen LogP contribution is -2.21. The summed E-state index contributed by atoms with van der Waals surface area (Å²) in [5.41, 5.74) is 2.04. The zero-order valence-corrected chi connectivity index (χ0v) is 13.5. The van der Waals surface area contributed by atoms with Crippen molar-refractivity contribution < 1.29 is 5.11 Å². The Morgan fingerprint density at radius 3 is 2.74 bits per heavy atom. The van der Waals surface area contributed by atoms with Crippen LogP contribution >= 0.6 is 27.3 Å². The molecule has 2 rings (SSSR count). The topological polar surface area (TPSA) is 32.3 Å². The Labute approximate surface area is 126 Å². The predicted molar refractivity (Wildman–Crippen MR) is 85.0 cm³/mol. The Balaban J connectivity index is 1.88. The first kappa shape index (κ1) is 14.6. The average Bonchev–Trinajstić information content (AvgIpc) is 2.75. The fourth-order valence-corrected chi connectivity index (χ4v) is 3.51. The number of thiophene rings is 1. The van der Waals surface area contributed by atoms with Gasteiger partial charge in [0.15, 0.2) is 0 Å². The normalized spacial score (nSPS) is 12.6. The summed E-state index contributed by atoms with van der Waals surface area (Å²) in [4.78, 5) is 1.36. The Morgan fingerprint density at radius 2 is 2.11 bits per heavy atom. The Kier molecular flexibility index (Phi) is 5.02. The number of rotatable bonds is 5. The van der Waals surface area contributed by atoms with Crippen LogP contribution in [0.5, 0.6) is 5.75 Å². The van der Waals surface area contributed by atoms with Crippen molar-refractivity contribution >= 4 is 27.3 Å². The second-order valence-electron chi connectivity index (χ2n) is 4.69. The molecule has 0 aliphatic heterocycles. The van der Waals surface area contributed by atoms with E-state index < -0.39 is 0 Å². The number of phenols is 1. The van der Waals surface area contributed by atoms with Gasteiger partial charge >= 0.3 is 0 Å². The lowest BCUT2D eigenvalue weighted by Gasteiger charge is -2.15. The van der Waals surface area contributed by atoms with Crippen LogP contribution in [0.3, 0.4) is 0 Å². The average molecular weight is 340 g/mol. The van der Waals surface area contributed by atoms with Gasteiger partial charge in [0.05, 0.1) is 3.79 Å². The summed E-state index contributed by atoms with van der Waals surface area (Å²) in [7, 11) is 0. The molecule has 0 spiro atoms. The maximum Gasteiger partial charge on any atom is 0.120 e. The van der Waals surface area contributed by atoms with Crippen LogP contribution in [0.25, 0.3) is 0 Å². The minimum absolute atomic E-state index is 0.156. The quantitative estimate of drug-likeness (QED) is 0.845. The summed E-state index contributed by atoms with van der Waals surface area (Å²) in [6, 6.07) is 10.2. The molecule has 102 valence electrons. The van der Waals surface area contributed by atoms with E-state index in [1.165, 1.54) is 8.66 Å². The summed E-state index contributed by atoms with van der Waals surface area (Å²) >= 11 is 5.24. The van der Waals surface area contributed by atoms with Crippen LogP contribution in [0.2, 0.25) is 0 Å². The molecule has 0 aliphatic rings. The van der Waals surface area contributed by atoms with Crippen LogP contribution in [0.1, 0.15) is 29.0 Å². The lowest BCUT2D eigenvalue weighted by molar-refractivity contribution is 0.453. The standard InChI is InChI=1S/C15H18BrNOS/c1-10-3-5-13(14(18)9-10)11(2)17-8-7-12-4-6-15(16)19-12/h3-6,9,11,17-18H,7-8H2,1-2H3. The van der Waals surface area contributed by atoms with Crippen molar-refractivity contribution in [1.29, 1.82) is 0 Å². The van der Waals surface area contributed by atoms with E-state index in [9.17, 15) is 5.11 Å². The molecule has 1 aromatic carbocycles. The minimum Gasteiger partial charge on any atom is -0.508 e. The first-order valence-corrected chi connectivity index (χ1v) is 7.94. The fraction of sp³-hybridized carbons (Fsp3) is 0.333. The first-order valence-electron chi connectivity index (χ1n) is 6.33.